The van der Waals surface area contributed by atoms with Crippen LogP contribution in [0.4, 0.5) is 0 Å². The summed E-state index contributed by atoms with van der Waals surface area (Å²) in [5.74, 6) is 1.53. The third kappa shape index (κ3) is 3.73. The van der Waals surface area contributed by atoms with E-state index in [-0.39, 0.29) is 10.6 Å². The zero-order chi connectivity index (χ0) is 12.8. The van der Waals surface area contributed by atoms with Gasteiger partial charge in [0.15, 0.2) is 11.5 Å². The van der Waals surface area contributed by atoms with Gasteiger partial charge in [-0.05, 0) is 31.9 Å². The van der Waals surface area contributed by atoms with Crippen molar-refractivity contribution >= 4 is 21.7 Å². The molecule has 3 nitrogen and oxygen atoms in total. The lowest BCUT2D eigenvalue weighted by molar-refractivity contribution is -0.116. The molecule has 4 heteroatoms. The number of alkyl halides is 1. The second-order valence-electron chi connectivity index (χ2n) is 3.66. The van der Waals surface area contributed by atoms with Crippen LogP contribution in [-0.2, 0) is 11.2 Å². The van der Waals surface area contributed by atoms with Crippen LogP contribution in [0.25, 0.3) is 0 Å². The molecule has 0 aromatic heterocycles. The molecule has 0 heterocycles. The number of hydrogen-bond acceptors (Lipinski definition) is 3. The molecular formula is C13H17BrO3. The van der Waals surface area contributed by atoms with E-state index in [1.165, 1.54) is 0 Å². The molecule has 0 amide bonds. The zero-order valence-corrected chi connectivity index (χ0v) is 11.9. The Bertz CT molecular complexity index is 390. The Hall–Kier alpha value is -1.03. The summed E-state index contributed by atoms with van der Waals surface area (Å²) in [6, 6.07) is 5.70. The molecule has 0 saturated carbocycles. The van der Waals surface area contributed by atoms with Gasteiger partial charge in [0.25, 0.3) is 0 Å². The summed E-state index contributed by atoms with van der Waals surface area (Å²) in [6.07, 6.45) is 0.599. The highest BCUT2D eigenvalue weighted by molar-refractivity contribution is 9.10. The minimum atomic E-state index is -0.186. The van der Waals surface area contributed by atoms with Crippen LogP contribution in [0.3, 0.4) is 0 Å². The fourth-order valence-electron chi connectivity index (χ4n) is 1.53. The first-order valence-corrected chi connectivity index (χ1v) is 6.44. The largest absolute Gasteiger partial charge is 0.493 e. The summed E-state index contributed by atoms with van der Waals surface area (Å²) in [5, 5.41) is 0. The van der Waals surface area contributed by atoms with Crippen LogP contribution in [0.2, 0.25) is 0 Å². The molecule has 0 N–H and O–H groups in total. The molecule has 1 unspecified atom stereocenters. The van der Waals surface area contributed by atoms with Crippen molar-refractivity contribution in [2.45, 2.75) is 25.1 Å². The van der Waals surface area contributed by atoms with Gasteiger partial charge in [-0.3, -0.25) is 4.79 Å². The minimum absolute atomic E-state index is 0.107. The number of carbonyl (C=O) groups is 1. The van der Waals surface area contributed by atoms with Crippen molar-refractivity contribution < 1.29 is 14.3 Å². The summed E-state index contributed by atoms with van der Waals surface area (Å²) in [5.41, 5.74) is 0.975. The van der Waals surface area contributed by atoms with Crippen LogP contribution in [0.15, 0.2) is 18.2 Å². The monoisotopic (exact) mass is 300 g/mol. The van der Waals surface area contributed by atoms with E-state index >= 15 is 0 Å². The number of halogens is 1. The van der Waals surface area contributed by atoms with Crippen LogP contribution in [0.5, 0.6) is 11.5 Å². The maximum atomic E-state index is 11.3. The predicted octanol–water partition coefficient (Wildman–Crippen LogP) is 2.99. The average molecular weight is 301 g/mol. The van der Waals surface area contributed by atoms with E-state index in [1.54, 1.807) is 14.0 Å². The Labute approximate surface area is 110 Å². The first-order valence-electron chi connectivity index (χ1n) is 5.53. The normalized spacial score (nSPS) is 12.0. The maximum Gasteiger partial charge on any atom is 0.164 e. The zero-order valence-electron chi connectivity index (χ0n) is 10.3. The van der Waals surface area contributed by atoms with E-state index in [4.69, 9.17) is 9.47 Å². The summed E-state index contributed by atoms with van der Waals surface area (Å²) < 4.78 is 10.8. The van der Waals surface area contributed by atoms with Gasteiger partial charge in [0.1, 0.15) is 5.78 Å². The van der Waals surface area contributed by atoms with Crippen molar-refractivity contribution in [3.63, 3.8) is 0 Å². The van der Waals surface area contributed by atoms with Crippen LogP contribution in [0, 0.1) is 0 Å². The van der Waals surface area contributed by atoms with E-state index in [0.29, 0.717) is 18.8 Å². The van der Waals surface area contributed by atoms with E-state index in [0.717, 1.165) is 11.3 Å². The van der Waals surface area contributed by atoms with Crippen molar-refractivity contribution in [3.05, 3.63) is 23.8 Å². The molecule has 0 aliphatic rings. The molecule has 0 saturated heterocycles. The highest BCUT2D eigenvalue weighted by Gasteiger charge is 2.16. The van der Waals surface area contributed by atoms with Gasteiger partial charge < -0.3 is 9.47 Å². The van der Waals surface area contributed by atoms with Crippen LogP contribution in [-0.4, -0.2) is 24.3 Å². The van der Waals surface area contributed by atoms with Crippen LogP contribution >= 0.6 is 15.9 Å². The number of carbonyl (C=O) groups excluding carboxylic acids is 1. The van der Waals surface area contributed by atoms with Crippen molar-refractivity contribution in [1.82, 2.24) is 0 Å². The fourth-order valence-corrected chi connectivity index (χ4v) is 1.88. The molecule has 0 aliphatic carbocycles. The highest BCUT2D eigenvalue weighted by atomic mass is 79.9. The van der Waals surface area contributed by atoms with Crippen molar-refractivity contribution in [3.8, 4) is 11.5 Å². The third-order valence-electron chi connectivity index (χ3n) is 2.41. The van der Waals surface area contributed by atoms with Crippen molar-refractivity contribution in [2.75, 3.05) is 13.7 Å². The van der Waals surface area contributed by atoms with E-state index < -0.39 is 0 Å². The van der Waals surface area contributed by atoms with Crippen molar-refractivity contribution in [2.24, 2.45) is 0 Å². The van der Waals surface area contributed by atoms with Crippen LogP contribution < -0.4 is 9.47 Å². The maximum absolute atomic E-state index is 11.3. The molecule has 0 aliphatic heterocycles. The predicted molar refractivity (Wildman–Crippen MR) is 71.3 cm³/mol. The molecule has 17 heavy (non-hydrogen) atoms. The number of methoxy groups -OCH3 is 1. The summed E-state index contributed by atoms with van der Waals surface area (Å²) in [4.78, 5) is 11.1. The number of ether oxygens (including phenoxy) is 2. The Morgan fingerprint density at radius 2 is 2.18 bits per heavy atom. The number of hydrogen-bond donors (Lipinski definition) is 0. The average Bonchev–Trinajstić information content (AvgIpc) is 2.31. The number of rotatable bonds is 6. The molecule has 0 spiro atoms. The molecular weight excluding hydrogens is 284 g/mol. The third-order valence-corrected chi connectivity index (χ3v) is 3.38. The quantitative estimate of drug-likeness (QED) is 0.758. The van der Waals surface area contributed by atoms with Gasteiger partial charge in [0.2, 0.25) is 0 Å². The summed E-state index contributed by atoms with van der Waals surface area (Å²) >= 11 is 3.36. The molecule has 0 radical (unpaired) electrons. The Morgan fingerprint density at radius 3 is 2.71 bits per heavy atom. The number of benzene rings is 1. The van der Waals surface area contributed by atoms with Gasteiger partial charge in [-0.2, -0.15) is 0 Å². The van der Waals surface area contributed by atoms with E-state index in [2.05, 4.69) is 15.9 Å². The van der Waals surface area contributed by atoms with Gasteiger partial charge >= 0.3 is 0 Å². The lowest BCUT2D eigenvalue weighted by atomic mass is 10.1. The molecule has 1 aromatic carbocycles. The Balaban J connectivity index is 3.00. The summed E-state index contributed by atoms with van der Waals surface area (Å²) in [6.45, 7) is 4.06. The molecule has 0 fully saturated rings. The first-order chi connectivity index (χ1) is 8.10. The highest BCUT2D eigenvalue weighted by Crippen LogP contribution is 2.32. The van der Waals surface area contributed by atoms with Gasteiger partial charge in [0.05, 0.1) is 18.5 Å². The van der Waals surface area contributed by atoms with Gasteiger partial charge in [-0.1, -0.05) is 28.1 Å². The van der Waals surface area contributed by atoms with Gasteiger partial charge in [0, 0.05) is 0 Å². The number of para-hydroxylation sites is 1. The smallest absolute Gasteiger partial charge is 0.164 e. The first kappa shape index (κ1) is 14.0. The molecule has 1 atom stereocenters. The summed E-state index contributed by atoms with van der Waals surface area (Å²) in [7, 11) is 1.61. The topological polar surface area (TPSA) is 35.5 Å². The molecule has 1 aromatic rings. The number of ketones is 1. The molecule has 1 rings (SSSR count). The van der Waals surface area contributed by atoms with E-state index in [9.17, 15) is 4.79 Å². The van der Waals surface area contributed by atoms with Gasteiger partial charge in [-0.15, -0.1) is 0 Å². The lowest BCUT2D eigenvalue weighted by Crippen LogP contribution is -2.13. The van der Waals surface area contributed by atoms with Gasteiger partial charge in [-0.25, -0.2) is 0 Å². The van der Waals surface area contributed by atoms with E-state index in [1.807, 2.05) is 25.1 Å². The standard InChI is InChI=1S/C13H17BrO3/c1-4-17-13-10(8-11(14)9(2)15)6-5-7-12(13)16-3/h5-7,11H,4,8H2,1-3H3. The minimum Gasteiger partial charge on any atom is -0.493 e. The number of Topliss-reactive ketones (excluding diaryl/α,β-unsaturated/α-hetero) is 1. The Morgan fingerprint density at radius 1 is 1.47 bits per heavy atom. The van der Waals surface area contributed by atoms with Crippen LogP contribution in [0.1, 0.15) is 19.4 Å². The molecule has 0 bridgehead atoms. The molecule has 94 valence electrons. The fraction of sp³-hybridized carbons (Fsp3) is 0.462. The van der Waals surface area contributed by atoms with Crippen molar-refractivity contribution in [1.29, 1.82) is 0 Å². The lowest BCUT2D eigenvalue weighted by Gasteiger charge is -2.15. The second-order valence-corrected chi connectivity index (χ2v) is 4.77. The Kier molecular flexibility index (Phi) is 5.48. The SMILES string of the molecule is CCOc1c(CC(Br)C(C)=O)cccc1OC. The second kappa shape index (κ2) is 6.64.